The Morgan fingerprint density at radius 1 is 0.947 bits per heavy atom. The monoisotopic (exact) mass is 517 g/mol. The number of hydrogen-bond acceptors (Lipinski definition) is 6. The maximum atomic E-state index is 13.8. The van der Waals surface area contributed by atoms with E-state index in [-0.39, 0.29) is 18.0 Å². The summed E-state index contributed by atoms with van der Waals surface area (Å²) < 4.78 is 17.9. The van der Waals surface area contributed by atoms with Crippen molar-refractivity contribution < 1.29 is 23.8 Å². The third-order valence-corrected chi connectivity index (χ3v) is 7.04. The van der Waals surface area contributed by atoms with Crippen LogP contribution in [0.25, 0.3) is 11.1 Å². The predicted molar refractivity (Wildman–Crippen MR) is 144 cm³/mol. The van der Waals surface area contributed by atoms with Gasteiger partial charge in [-0.1, -0.05) is 18.2 Å². The minimum atomic E-state index is -0.590. The largest absolute Gasteiger partial charge is 0.496 e. The summed E-state index contributed by atoms with van der Waals surface area (Å²) in [6.07, 6.45) is 5.53. The molecule has 0 N–H and O–H groups in total. The van der Waals surface area contributed by atoms with Gasteiger partial charge >= 0.3 is 6.09 Å². The SMILES string of the molecule is COc1cccc(OC)c1-c1ccc(C(=O)N(C2CC2)C2CCc3nn(C(=O)OC(C)(C)C)cc3C2)cc1. The van der Waals surface area contributed by atoms with E-state index in [1.54, 1.807) is 20.4 Å². The van der Waals surface area contributed by atoms with Crippen LogP contribution in [0.2, 0.25) is 0 Å². The Kier molecular flexibility index (Phi) is 6.90. The highest BCUT2D eigenvalue weighted by Gasteiger charge is 2.39. The molecule has 5 rings (SSSR count). The average Bonchev–Trinajstić information content (AvgIpc) is 3.63. The summed E-state index contributed by atoms with van der Waals surface area (Å²) in [5, 5.41) is 4.48. The van der Waals surface area contributed by atoms with Crippen LogP contribution in [0.4, 0.5) is 4.79 Å². The van der Waals surface area contributed by atoms with Crippen molar-refractivity contribution in [1.29, 1.82) is 0 Å². The number of aromatic nitrogens is 2. The number of fused-ring (bicyclic) bond motifs is 1. The van der Waals surface area contributed by atoms with Crippen LogP contribution < -0.4 is 9.47 Å². The van der Waals surface area contributed by atoms with Gasteiger partial charge in [0, 0.05) is 23.8 Å². The van der Waals surface area contributed by atoms with Gasteiger partial charge in [0.25, 0.3) is 5.91 Å². The number of carbonyl (C=O) groups excluding carboxylic acids is 2. The van der Waals surface area contributed by atoms with E-state index in [4.69, 9.17) is 14.2 Å². The van der Waals surface area contributed by atoms with E-state index < -0.39 is 11.7 Å². The van der Waals surface area contributed by atoms with Crippen LogP contribution in [0.3, 0.4) is 0 Å². The van der Waals surface area contributed by atoms with Crippen molar-refractivity contribution in [2.45, 2.75) is 70.6 Å². The van der Waals surface area contributed by atoms with Crippen molar-refractivity contribution >= 4 is 12.0 Å². The molecular formula is C30H35N3O5. The Morgan fingerprint density at radius 2 is 1.61 bits per heavy atom. The molecule has 1 heterocycles. The number of aryl methyl sites for hydroxylation is 1. The van der Waals surface area contributed by atoms with Crippen molar-refractivity contribution in [2.24, 2.45) is 0 Å². The van der Waals surface area contributed by atoms with Gasteiger partial charge in [-0.05, 0) is 88.3 Å². The first-order chi connectivity index (χ1) is 18.2. The van der Waals surface area contributed by atoms with E-state index in [0.29, 0.717) is 23.5 Å². The Morgan fingerprint density at radius 3 is 2.18 bits per heavy atom. The van der Waals surface area contributed by atoms with Crippen molar-refractivity contribution in [3.8, 4) is 22.6 Å². The number of rotatable bonds is 6. The zero-order chi connectivity index (χ0) is 27.0. The lowest BCUT2D eigenvalue weighted by molar-refractivity contribution is 0.0513. The number of amides is 1. The average molecular weight is 518 g/mol. The summed E-state index contributed by atoms with van der Waals surface area (Å²) in [6, 6.07) is 13.7. The molecule has 38 heavy (non-hydrogen) atoms. The van der Waals surface area contributed by atoms with Crippen molar-refractivity contribution in [3.05, 3.63) is 65.5 Å². The quantitative estimate of drug-likeness (QED) is 0.429. The van der Waals surface area contributed by atoms with Crippen LogP contribution in [0.15, 0.2) is 48.7 Å². The molecule has 0 saturated heterocycles. The fraction of sp³-hybridized carbons (Fsp3) is 0.433. The lowest BCUT2D eigenvalue weighted by Crippen LogP contribution is -2.44. The van der Waals surface area contributed by atoms with E-state index in [1.165, 1.54) is 4.68 Å². The molecular weight excluding hydrogens is 482 g/mol. The number of methoxy groups -OCH3 is 2. The topological polar surface area (TPSA) is 82.9 Å². The van der Waals surface area contributed by atoms with Gasteiger partial charge < -0.3 is 19.1 Å². The molecule has 8 nitrogen and oxygen atoms in total. The van der Waals surface area contributed by atoms with Gasteiger partial charge in [-0.2, -0.15) is 9.78 Å². The summed E-state index contributed by atoms with van der Waals surface area (Å²) in [6.45, 7) is 5.51. The summed E-state index contributed by atoms with van der Waals surface area (Å²) in [7, 11) is 3.27. The lowest BCUT2D eigenvalue weighted by atomic mass is 9.91. The number of carbonyl (C=O) groups is 2. The smallest absolute Gasteiger partial charge is 0.435 e. The first kappa shape index (κ1) is 25.8. The van der Waals surface area contributed by atoms with Gasteiger partial charge in [-0.25, -0.2) is 4.79 Å². The summed E-state index contributed by atoms with van der Waals surface area (Å²) in [5.74, 6) is 1.47. The molecule has 2 aromatic carbocycles. The minimum absolute atomic E-state index is 0.0408. The Hall–Kier alpha value is -3.81. The second-order valence-electron chi connectivity index (χ2n) is 11.0. The highest BCUT2D eigenvalue weighted by molar-refractivity contribution is 5.95. The first-order valence-corrected chi connectivity index (χ1v) is 13.1. The number of ether oxygens (including phenoxy) is 3. The molecule has 2 aliphatic rings. The van der Waals surface area contributed by atoms with Gasteiger partial charge in [-0.3, -0.25) is 4.79 Å². The molecule has 1 atom stereocenters. The summed E-state index contributed by atoms with van der Waals surface area (Å²) >= 11 is 0. The highest BCUT2D eigenvalue weighted by atomic mass is 16.6. The van der Waals surface area contributed by atoms with E-state index >= 15 is 0 Å². The number of benzene rings is 2. The number of nitrogens with zero attached hydrogens (tertiary/aromatic N) is 3. The molecule has 200 valence electrons. The third-order valence-electron chi connectivity index (χ3n) is 7.04. The molecule has 0 aliphatic heterocycles. The number of hydrogen-bond donors (Lipinski definition) is 0. The summed E-state index contributed by atoms with van der Waals surface area (Å²) in [4.78, 5) is 28.4. The van der Waals surface area contributed by atoms with E-state index in [9.17, 15) is 9.59 Å². The molecule has 1 saturated carbocycles. The molecule has 2 aliphatic carbocycles. The third kappa shape index (κ3) is 5.26. The van der Waals surface area contributed by atoms with Crippen LogP contribution in [0.5, 0.6) is 11.5 Å². The predicted octanol–water partition coefficient (Wildman–Crippen LogP) is 5.51. The van der Waals surface area contributed by atoms with E-state index in [2.05, 4.69) is 10.00 Å². The van der Waals surface area contributed by atoms with Gasteiger partial charge in [-0.15, -0.1) is 0 Å². The Labute approximate surface area is 223 Å². The standard InChI is InChI=1S/C30H35N3O5/c1-30(2,3)38-29(35)32-18-21-17-23(15-16-24(21)31-32)33(22-13-14-22)28(34)20-11-9-19(10-12-20)27-25(36-4)7-6-8-26(27)37-5/h6-12,18,22-23H,13-17H2,1-5H3. The lowest BCUT2D eigenvalue weighted by Gasteiger charge is -2.34. The maximum Gasteiger partial charge on any atom is 0.435 e. The highest BCUT2D eigenvalue weighted by Crippen LogP contribution is 2.39. The van der Waals surface area contributed by atoms with E-state index in [1.807, 2.05) is 63.2 Å². The van der Waals surface area contributed by atoms with Gasteiger partial charge in [0.05, 0.1) is 25.5 Å². The second kappa shape index (κ2) is 10.2. The first-order valence-electron chi connectivity index (χ1n) is 13.1. The molecule has 0 spiro atoms. The van der Waals surface area contributed by atoms with Crippen LogP contribution in [-0.2, 0) is 17.6 Å². The molecule has 1 aromatic heterocycles. The minimum Gasteiger partial charge on any atom is -0.496 e. The van der Waals surface area contributed by atoms with Crippen molar-refractivity contribution in [3.63, 3.8) is 0 Å². The van der Waals surface area contributed by atoms with Gasteiger partial charge in [0.1, 0.15) is 17.1 Å². The molecule has 1 fully saturated rings. The summed E-state index contributed by atoms with van der Waals surface area (Å²) in [5.41, 5.74) is 3.76. The van der Waals surface area contributed by atoms with Crippen molar-refractivity contribution in [1.82, 2.24) is 14.7 Å². The van der Waals surface area contributed by atoms with Crippen LogP contribution >= 0.6 is 0 Å². The molecule has 1 unspecified atom stereocenters. The molecule has 1 amide bonds. The maximum absolute atomic E-state index is 13.8. The Bertz CT molecular complexity index is 1310. The molecule has 0 radical (unpaired) electrons. The molecule has 8 heteroatoms. The van der Waals surface area contributed by atoms with Crippen LogP contribution in [0.1, 0.15) is 61.6 Å². The zero-order valence-electron chi connectivity index (χ0n) is 22.7. The van der Waals surface area contributed by atoms with Crippen molar-refractivity contribution in [2.75, 3.05) is 14.2 Å². The normalized spacial score (nSPS) is 16.9. The van der Waals surface area contributed by atoms with Gasteiger partial charge in [0.15, 0.2) is 0 Å². The van der Waals surface area contributed by atoms with Crippen LogP contribution in [0, 0.1) is 0 Å². The van der Waals surface area contributed by atoms with E-state index in [0.717, 1.165) is 48.1 Å². The Balaban J connectivity index is 1.35. The zero-order valence-corrected chi connectivity index (χ0v) is 22.7. The molecule has 3 aromatic rings. The van der Waals surface area contributed by atoms with Crippen LogP contribution in [-0.4, -0.2) is 58.6 Å². The van der Waals surface area contributed by atoms with Gasteiger partial charge in [0.2, 0.25) is 0 Å². The fourth-order valence-electron chi connectivity index (χ4n) is 5.17. The second-order valence-corrected chi connectivity index (χ2v) is 11.0. The molecule has 0 bridgehead atoms. The fourth-order valence-corrected chi connectivity index (χ4v) is 5.17.